The first kappa shape index (κ1) is 16.1. The van der Waals surface area contributed by atoms with Crippen LogP contribution >= 0.6 is 0 Å². The molecule has 23 heavy (non-hydrogen) atoms. The first-order chi connectivity index (χ1) is 11.0. The highest BCUT2D eigenvalue weighted by Gasteiger charge is 2.28. The quantitative estimate of drug-likeness (QED) is 0.345. The zero-order valence-corrected chi connectivity index (χ0v) is 11.8. The Morgan fingerprint density at radius 3 is 2.78 bits per heavy atom. The van der Waals surface area contributed by atoms with Crippen molar-refractivity contribution in [1.29, 1.82) is 0 Å². The van der Waals surface area contributed by atoms with E-state index in [1.165, 1.54) is 24.3 Å². The van der Waals surface area contributed by atoms with Crippen LogP contribution in [0, 0.1) is 10.1 Å². The Morgan fingerprint density at radius 1 is 1.39 bits per heavy atom. The van der Waals surface area contributed by atoms with E-state index >= 15 is 0 Å². The number of carbonyl (C=O) groups is 3. The van der Waals surface area contributed by atoms with E-state index in [2.05, 4.69) is 4.74 Å². The smallest absolute Gasteiger partial charge is 0.416 e. The van der Waals surface area contributed by atoms with E-state index in [1.54, 1.807) is 6.07 Å². The number of cyclic esters (lactones) is 1. The van der Waals surface area contributed by atoms with Crippen LogP contribution in [-0.4, -0.2) is 47.6 Å². The molecule has 1 fully saturated rings. The van der Waals surface area contributed by atoms with Crippen molar-refractivity contribution in [2.45, 2.75) is 0 Å². The van der Waals surface area contributed by atoms with Gasteiger partial charge in [-0.05, 0) is 12.1 Å². The molecule has 0 saturated carbocycles. The molecule has 9 nitrogen and oxygen atoms in total. The third kappa shape index (κ3) is 4.13. The van der Waals surface area contributed by atoms with Crippen LogP contribution < -0.4 is 0 Å². The Labute approximate surface area is 130 Å². The van der Waals surface area contributed by atoms with Crippen molar-refractivity contribution in [1.82, 2.24) is 4.90 Å². The van der Waals surface area contributed by atoms with Crippen molar-refractivity contribution < 1.29 is 28.8 Å². The van der Waals surface area contributed by atoms with Crippen molar-refractivity contribution >= 4 is 29.7 Å². The fourth-order valence-corrected chi connectivity index (χ4v) is 1.83. The maximum Gasteiger partial charge on any atom is 0.416 e. The van der Waals surface area contributed by atoms with Crippen LogP contribution in [0.25, 0.3) is 6.08 Å². The van der Waals surface area contributed by atoms with Gasteiger partial charge in [-0.3, -0.25) is 14.9 Å². The third-order valence-corrected chi connectivity index (χ3v) is 2.93. The molecule has 0 radical (unpaired) electrons. The van der Waals surface area contributed by atoms with Gasteiger partial charge in [0.05, 0.1) is 17.0 Å². The molecule has 1 aromatic carbocycles. The van der Waals surface area contributed by atoms with Gasteiger partial charge < -0.3 is 9.47 Å². The highest BCUT2D eigenvalue weighted by molar-refractivity contribution is 5.95. The molecule has 0 N–H and O–H groups in total. The number of nitro benzene ring substituents is 1. The van der Waals surface area contributed by atoms with E-state index < -0.39 is 29.5 Å². The number of benzene rings is 1. The lowest BCUT2D eigenvalue weighted by molar-refractivity contribution is -0.385. The second kappa shape index (κ2) is 7.16. The molecule has 120 valence electrons. The molecule has 1 aromatic rings. The number of ether oxygens (including phenoxy) is 2. The molecule has 0 aromatic heterocycles. The average molecular weight is 320 g/mol. The van der Waals surface area contributed by atoms with Crippen LogP contribution in [0.3, 0.4) is 0 Å². The molecule has 1 aliphatic rings. The summed E-state index contributed by atoms with van der Waals surface area (Å²) in [7, 11) is 0. The van der Waals surface area contributed by atoms with Gasteiger partial charge in [0.15, 0.2) is 6.61 Å². The zero-order chi connectivity index (χ0) is 16.8. The van der Waals surface area contributed by atoms with Crippen LogP contribution in [0.1, 0.15) is 5.56 Å². The van der Waals surface area contributed by atoms with Crippen molar-refractivity contribution in [2.75, 3.05) is 19.8 Å². The van der Waals surface area contributed by atoms with Gasteiger partial charge in [0.2, 0.25) is 0 Å². The molecule has 1 saturated heterocycles. The monoisotopic (exact) mass is 320 g/mol. The number of rotatable bonds is 5. The lowest BCUT2D eigenvalue weighted by Gasteiger charge is -2.09. The second-order valence-corrected chi connectivity index (χ2v) is 4.42. The summed E-state index contributed by atoms with van der Waals surface area (Å²) in [6.45, 7) is -0.396. The van der Waals surface area contributed by atoms with E-state index in [0.717, 1.165) is 11.0 Å². The maximum absolute atomic E-state index is 11.6. The van der Waals surface area contributed by atoms with Crippen molar-refractivity contribution in [3.63, 3.8) is 0 Å². The van der Waals surface area contributed by atoms with E-state index in [-0.39, 0.29) is 24.4 Å². The molecule has 0 aliphatic carbocycles. The van der Waals surface area contributed by atoms with Gasteiger partial charge in [-0.25, -0.2) is 14.5 Å². The Balaban J connectivity index is 1.91. The Hall–Kier alpha value is -3.23. The van der Waals surface area contributed by atoms with Crippen molar-refractivity contribution in [2.24, 2.45) is 0 Å². The molecule has 1 aliphatic heterocycles. The first-order valence-corrected chi connectivity index (χ1v) is 6.54. The Kier molecular flexibility index (Phi) is 5.03. The lowest BCUT2D eigenvalue weighted by atomic mass is 10.1. The predicted octanol–water partition coefficient (Wildman–Crippen LogP) is 1.13. The SMILES string of the molecule is O=C(/C=C/c1ccccc1[N+](=O)[O-])OCC(=O)N1CCOC1=O. The minimum Gasteiger partial charge on any atom is -0.452 e. The van der Waals surface area contributed by atoms with Gasteiger partial charge in [-0.15, -0.1) is 0 Å². The normalized spacial score (nSPS) is 13.9. The van der Waals surface area contributed by atoms with Gasteiger partial charge >= 0.3 is 12.1 Å². The Morgan fingerprint density at radius 2 is 2.13 bits per heavy atom. The van der Waals surface area contributed by atoms with Gasteiger partial charge in [-0.2, -0.15) is 0 Å². The topological polar surface area (TPSA) is 116 Å². The number of carbonyl (C=O) groups excluding carboxylic acids is 3. The molecule has 9 heteroatoms. The molecular weight excluding hydrogens is 308 g/mol. The Bertz CT molecular complexity index is 683. The minimum absolute atomic E-state index is 0.107. The largest absolute Gasteiger partial charge is 0.452 e. The van der Waals surface area contributed by atoms with Crippen LogP contribution in [0.4, 0.5) is 10.5 Å². The van der Waals surface area contributed by atoms with E-state index in [1.807, 2.05) is 0 Å². The maximum atomic E-state index is 11.6. The molecule has 0 atom stereocenters. The van der Waals surface area contributed by atoms with Gasteiger partial charge in [0.1, 0.15) is 6.61 Å². The lowest BCUT2D eigenvalue weighted by Crippen LogP contribution is -2.35. The van der Waals surface area contributed by atoms with E-state index in [9.17, 15) is 24.5 Å². The summed E-state index contributed by atoms with van der Waals surface area (Å²) >= 11 is 0. The number of hydrogen-bond donors (Lipinski definition) is 0. The summed E-state index contributed by atoms with van der Waals surface area (Å²) in [5.74, 6) is -1.55. The molecule has 1 heterocycles. The second-order valence-electron chi connectivity index (χ2n) is 4.42. The number of hydrogen-bond acceptors (Lipinski definition) is 7. The van der Waals surface area contributed by atoms with Crippen LogP contribution in [0.5, 0.6) is 0 Å². The third-order valence-electron chi connectivity index (χ3n) is 2.93. The summed E-state index contributed by atoms with van der Waals surface area (Å²) in [6.07, 6.45) is 1.41. The number of nitrogens with zero attached hydrogens (tertiary/aromatic N) is 2. The average Bonchev–Trinajstić information content (AvgIpc) is 2.97. The molecule has 0 spiro atoms. The number of nitro groups is 1. The molecule has 0 bridgehead atoms. The highest BCUT2D eigenvalue weighted by atomic mass is 16.6. The summed E-state index contributed by atoms with van der Waals surface area (Å²) in [5.41, 5.74) is 0.0661. The van der Waals surface area contributed by atoms with Crippen LogP contribution in [-0.2, 0) is 19.1 Å². The molecule has 0 unspecified atom stereocenters. The van der Waals surface area contributed by atoms with Crippen molar-refractivity contribution in [3.05, 3.63) is 46.0 Å². The minimum atomic E-state index is -0.857. The van der Waals surface area contributed by atoms with E-state index in [4.69, 9.17) is 4.74 Å². The van der Waals surface area contributed by atoms with Crippen LogP contribution in [0.15, 0.2) is 30.3 Å². The molecule has 2 rings (SSSR count). The highest BCUT2D eigenvalue weighted by Crippen LogP contribution is 2.18. The standard InChI is InChI=1S/C14H12N2O7/c17-12(15-7-8-22-14(15)19)9-23-13(18)6-5-10-3-1-2-4-11(10)16(20)21/h1-6H,7-9H2/b6-5+. The van der Waals surface area contributed by atoms with Gasteiger partial charge in [0.25, 0.3) is 11.6 Å². The zero-order valence-electron chi connectivity index (χ0n) is 11.8. The fourth-order valence-electron chi connectivity index (χ4n) is 1.83. The number of esters is 1. The van der Waals surface area contributed by atoms with Crippen molar-refractivity contribution in [3.8, 4) is 0 Å². The van der Waals surface area contributed by atoms with Gasteiger partial charge in [0, 0.05) is 12.1 Å². The fraction of sp³-hybridized carbons (Fsp3) is 0.214. The van der Waals surface area contributed by atoms with E-state index in [0.29, 0.717) is 0 Å². The molecular formula is C14H12N2O7. The van der Waals surface area contributed by atoms with Crippen LogP contribution in [0.2, 0.25) is 0 Å². The predicted molar refractivity (Wildman–Crippen MR) is 76.2 cm³/mol. The summed E-state index contributed by atoms with van der Waals surface area (Å²) < 4.78 is 9.27. The molecule has 2 amide bonds. The summed E-state index contributed by atoms with van der Waals surface area (Å²) in [4.78, 5) is 45.4. The number of para-hydroxylation sites is 1. The number of amides is 2. The summed E-state index contributed by atoms with van der Waals surface area (Å²) in [5, 5.41) is 10.8. The summed E-state index contributed by atoms with van der Waals surface area (Å²) in [6, 6.07) is 5.85. The first-order valence-electron chi connectivity index (χ1n) is 6.54. The number of imide groups is 1. The van der Waals surface area contributed by atoms with Gasteiger partial charge in [-0.1, -0.05) is 12.1 Å².